The predicted octanol–water partition coefficient (Wildman–Crippen LogP) is 3.26. The summed E-state index contributed by atoms with van der Waals surface area (Å²) in [5, 5.41) is 13.3. The maximum atomic E-state index is 11.3. The van der Waals surface area contributed by atoms with Gasteiger partial charge in [-0.05, 0) is 42.5 Å². The summed E-state index contributed by atoms with van der Waals surface area (Å²) in [6.45, 7) is 0. The Hall–Kier alpha value is -3.08. The van der Waals surface area contributed by atoms with Gasteiger partial charge in [-0.2, -0.15) is 0 Å². The van der Waals surface area contributed by atoms with Crippen LogP contribution in [-0.2, 0) is 0 Å². The summed E-state index contributed by atoms with van der Waals surface area (Å²) in [6, 6.07) is 14.2. The van der Waals surface area contributed by atoms with E-state index in [2.05, 4.69) is 10.3 Å². The number of nitrogens with zero attached hydrogens (tertiary/aromatic N) is 1. The van der Waals surface area contributed by atoms with Crippen molar-refractivity contribution in [1.82, 2.24) is 4.98 Å². The lowest BCUT2D eigenvalue weighted by Crippen LogP contribution is -2.03. The largest absolute Gasteiger partial charge is 0.478 e. The van der Waals surface area contributed by atoms with Crippen molar-refractivity contribution in [3.05, 3.63) is 60.3 Å². The van der Waals surface area contributed by atoms with Crippen molar-refractivity contribution >= 4 is 33.9 Å². The van der Waals surface area contributed by atoms with Gasteiger partial charge in [0, 0.05) is 23.0 Å². The normalized spacial score (nSPS) is 10.5. The Labute approximate surface area is 121 Å². The van der Waals surface area contributed by atoms with E-state index in [4.69, 9.17) is 5.73 Å². The maximum absolute atomic E-state index is 11.3. The summed E-state index contributed by atoms with van der Waals surface area (Å²) >= 11 is 0. The number of nitrogens with two attached hydrogens (primary N) is 1. The molecule has 0 fully saturated rings. The number of nitrogen functional groups attached to an aromatic ring is 1. The molecule has 0 bridgehead atoms. The van der Waals surface area contributed by atoms with Crippen LogP contribution in [0, 0.1) is 0 Å². The van der Waals surface area contributed by atoms with Gasteiger partial charge in [-0.1, -0.05) is 6.07 Å². The van der Waals surface area contributed by atoms with Gasteiger partial charge in [0.15, 0.2) is 0 Å². The second kappa shape index (κ2) is 5.13. The monoisotopic (exact) mass is 279 g/mol. The fourth-order valence-electron chi connectivity index (χ4n) is 2.16. The van der Waals surface area contributed by atoms with Crippen molar-refractivity contribution in [2.24, 2.45) is 0 Å². The summed E-state index contributed by atoms with van der Waals surface area (Å²) in [5.41, 5.74) is 8.37. The average molecular weight is 279 g/mol. The number of carboxylic acids is 1. The van der Waals surface area contributed by atoms with Gasteiger partial charge in [-0.25, -0.2) is 4.79 Å². The smallest absolute Gasteiger partial charge is 0.337 e. The van der Waals surface area contributed by atoms with Crippen LogP contribution < -0.4 is 11.1 Å². The minimum Gasteiger partial charge on any atom is -0.478 e. The molecule has 0 aliphatic heterocycles. The number of aromatic carboxylic acids is 1. The van der Waals surface area contributed by atoms with Gasteiger partial charge in [-0.3, -0.25) is 4.98 Å². The first kappa shape index (κ1) is 12.9. The highest BCUT2D eigenvalue weighted by Crippen LogP contribution is 2.25. The zero-order valence-corrected chi connectivity index (χ0v) is 11.1. The number of carboxylic acid groups (broad SMARTS) is 1. The first-order chi connectivity index (χ1) is 10.1. The molecule has 0 saturated heterocycles. The van der Waals surface area contributed by atoms with E-state index in [9.17, 15) is 9.90 Å². The van der Waals surface area contributed by atoms with E-state index < -0.39 is 5.97 Å². The van der Waals surface area contributed by atoms with Crippen molar-refractivity contribution in [3.8, 4) is 0 Å². The van der Waals surface area contributed by atoms with Crippen LogP contribution in [0.2, 0.25) is 0 Å². The van der Waals surface area contributed by atoms with Crippen LogP contribution in [0.3, 0.4) is 0 Å². The molecule has 0 atom stereocenters. The minimum atomic E-state index is -1.02. The molecule has 0 spiro atoms. The summed E-state index contributed by atoms with van der Waals surface area (Å²) < 4.78 is 0. The molecule has 0 unspecified atom stereocenters. The Kier molecular flexibility index (Phi) is 3.16. The lowest BCUT2D eigenvalue weighted by Gasteiger charge is -2.11. The molecule has 1 heterocycles. The van der Waals surface area contributed by atoms with E-state index in [1.165, 1.54) is 6.07 Å². The number of pyridine rings is 1. The average Bonchev–Trinajstić information content (AvgIpc) is 2.49. The van der Waals surface area contributed by atoms with Crippen LogP contribution in [-0.4, -0.2) is 16.1 Å². The van der Waals surface area contributed by atoms with Crippen LogP contribution >= 0.6 is 0 Å². The van der Waals surface area contributed by atoms with Crippen molar-refractivity contribution in [2.75, 3.05) is 11.1 Å². The highest BCUT2D eigenvalue weighted by Gasteiger charge is 2.10. The standard InChI is InChI=1S/C16H13N3O2/c17-11-3-5-15(13(9-11)16(20)21)19-12-4-6-14-10(8-12)2-1-7-18-14/h1-9,19H,17H2,(H,20,21). The molecule has 3 rings (SSSR count). The number of hydrogen-bond donors (Lipinski definition) is 3. The van der Waals surface area contributed by atoms with Gasteiger partial charge in [-0.15, -0.1) is 0 Å². The molecule has 2 aromatic carbocycles. The Morgan fingerprint density at radius 1 is 1.14 bits per heavy atom. The minimum absolute atomic E-state index is 0.140. The molecular formula is C16H13N3O2. The Bertz CT molecular complexity index is 831. The van der Waals surface area contributed by atoms with E-state index in [1.54, 1.807) is 18.3 Å². The molecule has 4 N–H and O–H groups in total. The van der Waals surface area contributed by atoms with Crippen LogP contribution in [0.1, 0.15) is 10.4 Å². The van der Waals surface area contributed by atoms with Crippen molar-refractivity contribution < 1.29 is 9.90 Å². The molecule has 3 aromatic rings. The van der Waals surface area contributed by atoms with Gasteiger partial charge in [0.1, 0.15) is 0 Å². The third kappa shape index (κ3) is 2.62. The molecule has 5 nitrogen and oxygen atoms in total. The number of rotatable bonds is 3. The molecule has 0 aliphatic carbocycles. The highest BCUT2D eigenvalue weighted by molar-refractivity contribution is 5.96. The van der Waals surface area contributed by atoms with Crippen LogP contribution in [0.25, 0.3) is 10.9 Å². The number of carbonyl (C=O) groups is 1. The summed E-state index contributed by atoms with van der Waals surface area (Å²) in [7, 11) is 0. The third-order valence-corrected chi connectivity index (χ3v) is 3.16. The second-order valence-electron chi connectivity index (χ2n) is 4.65. The van der Waals surface area contributed by atoms with E-state index in [-0.39, 0.29) is 5.56 Å². The summed E-state index contributed by atoms with van der Waals surface area (Å²) in [5.74, 6) is -1.02. The van der Waals surface area contributed by atoms with Gasteiger partial charge >= 0.3 is 5.97 Å². The molecule has 21 heavy (non-hydrogen) atoms. The van der Waals surface area contributed by atoms with Gasteiger partial charge in [0.05, 0.1) is 16.8 Å². The van der Waals surface area contributed by atoms with Gasteiger partial charge in [0.25, 0.3) is 0 Å². The molecule has 0 radical (unpaired) electrons. The van der Waals surface area contributed by atoms with E-state index in [0.717, 1.165) is 16.6 Å². The second-order valence-corrected chi connectivity index (χ2v) is 4.65. The Morgan fingerprint density at radius 3 is 2.81 bits per heavy atom. The number of nitrogens with one attached hydrogen (secondary N) is 1. The quantitative estimate of drug-likeness (QED) is 0.640. The number of anilines is 3. The molecule has 104 valence electrons. The number of fused-ring (bicyclic) bond motifs is 1. The number of benzene rings is 2. The number of aromatic nitrogens is 1. The van der Waals surface area contributed by atoms with Crippen molar-refractivity contribution in [3.63, 3.8) is 0 Å². The van der Waals surface area contributed by atoms with Crippen molar-refractivity contribution in [1.29, 1.82) is 0 Å². The zero-order chi connectivity index (χ0) is 14.8. The molecule has 0 amide bonds. The van der Waals surface area contributed by atoms with Gasteiger partial charge in [0.2, 0.25) is 0 Å². The predicted molar refractivity (Wildman–Crippen MR) is 82.8 cm³/mol. The summed E-state index contributed by atoms with van der Waals surface area (Å²) in [4.78, 5) is 15.5. The third-order valence-electron chi connectivity index (χ3n) is 3.16. The van der Waals surface area contributed by atoms with Crippen molar-refractivity contribution in [2.45, 2.75) is 0 Å². The number of hydrogen-bond acceptors (Lipinski definition) is 4. The molecule has 0 aliphatic rings. The lowest BCUT2D eigenvalue weighted by atomic mass is 10.1. The zero-order valence-electron chi connectivity index (χ0n) is 11.1. The molecule has 5 heteroatoms. The lowest BCUT2D eigenvalue weighted by molar-refractivity contribution is 0.0698. The highest BCUT2D eigenvalue weighted by atomic mass is 16.4. The maximum Gasteiger partial charge on any atom is 0.337 e. The van der Waals surface area contributed by atoms with Crippen LogP contribution in [0.4, 0.5) is 17.1 Å². The van der Waals surface area contributed by atoms with E-state index in [1.807, 2.05) is 30.3 Å². The first-order valence-corrected chi connectivity index (χ1v) is 6.38. The van der Waals surface area contributed by atoms with E-state index >= 15 is 0 Å². The Morgan fingerprint density at radius 2 is 2.00 bits per heavy atom. The van der Waals surface area contributed by atoms with Gasteiger partial charge < -0.3 is 16.2 Å². The fourth-order valence-corrected chi connectivity index (χ4v) is 2.16. The van der Waals surface area contributed by atoms with E-state index in [0.29, 0.717) is 11.4 Å². The summed E-state index contributed by atoms with van der Waals surface area (Å²) in [6.07, 6.45) is 1.73. The molecule has 1 aromatic heterocycles. The Balaban J connectivity index is 2.00. The first-order valence-electron chi connectivity index (χ1n) is 6.38. The van der Waals surface area contributed by atoms with Crippen LogP contribution in [0.15, 0.2) is 54.7 Å². The van der Waals surface area contributed by atoms with Crippen LogP contribution in [0.5, 0.6) is 0 Å². The molecular weight excluding hydrogens is 266 g/mol. The SMILES string of the molecule is Nc1ccc(Nc2ccc3ncccc3c2)c(C(=O)O)c1. The fraction of sp³-hybridized carbons (Fsp3) is 0. The molecule has 0 saturated carbocycles. The topological polar surface area (TPSA) is 88.2 Å².